The number of rotatable bonds is 5. The zero-order valence-corrected chi connectivity index (χ0v) is 17.9. The molecule has 28 heavy (non-hydrogen) atoms. The van der Waals surface area contributed by atoms with Crippen LogP contribution in [0.15, 0.2) is 23.8 Å². The summed E-state index contributed by atoms with van der Waals surface area (Å²) in [5.74, 6) is 0.233. The van der Waals surface area contributed by atoms with E-state index in [9.17, 15) is 19.8 Å². The Labute approximate surface area is 171 Å². The SMILES string of the molecule is CC(=C/Cc1c(O)c(Cl)c(C)c(C=O)c1O)/C=C/C1(C)C(C)CCC(=O)C1C. The number of benzene rings is 1. The van der Waals surface area contributed by atoms with Gasteiger partial charge in [-0.25, -0.2) is 0 Å². The summed E-state index contributed by atoms with van der Waals surface area (Å²) in [6, 6.07) is 0. The lowest BCUT2D eigenvalue weighted by Gasteiger charge is -2.42. The Hall–Kier alpha value is -2.07. The highest BCUT2D eigenvalue weighted by Gasteiger charge is 2.41. The van der Waals surface area contributed by atoms with Gasteiger partial charge in [0.2, 0.25) is 0 Å². The fraction of sp³-hybridized carbons (Fsp3) is 0.478. The van der Waals surface area contributed by atoms with Crippen molar-refractivity contribution in [3.8, 4) is 11.5 Å². The number of phenolic OH excluding ortho intramolecular Hbond substituents is 2. The number of halogens is 1. The van der Waals surface area contributed by atoms with Crippen LogP contribution in [-0.2, 0) is 11.2 Å². The van der Waals surface area contributed by atoms with Gasteiger partial charge >= 0.3 is 0 Å². The molecule has 0 spiro atoms. The van der Waals surface area contributed by atoms with Crippen molar-refractivity contribution in [1.82, 2.24) is 0 Å². The quantitative estimate of drug-likeness (QED) is 0.497. The van der Waals surface area contributed by atoms with Crippen LogP contribution in [0.3, 0.4) is 0 Å². The van der Waals surface area contributed by atoms with Crippen LogP contribution >= 0.6 is 11.6 Å². The summed E-state index contributed by atoms with van der Waals surface area (Å²) in [5.41, 5.74) is 1.41. The second kappa shape index (κ2) is 8.52. The van der Waals surface area contributed by atoms with Crippen LogP contribution in [0.2, 0.25) is 5.02 Å². The zero-order valence-electron chi connectivity index (χ0n) is 17.2. The first-order valence-electron chi connectivity index (χ1n) is 9.61. The van der Waals surface area contributed by atoms with Gasteiger partial charge in [-0.1, -0.05) is 56.2 Å². The van der Waals surface area contributed by atoms with Gasteiger partial charge in [0, 0.05) is 17.9 Å². The lowest BCUT2D eigenvalue weighted by Crippen LogP contribution is -2.40. The predicted octanol–water partition coefficient (Wildman–Crippen LogP) is 5.56. The lowest BCUT2D eigenvalue weighted by molar-refractivity contribution is -0.129. The summed E-state index contributed by atoms with van der Waals surface area (Å²) in [6.07, 6.45) is 8.25. The molecule has 152 valence electrons. The normalized spacial score (nSPS) is 26.1. The molecular weight excluding hydrogens is 376 g/mol. The average molecular weight is 405 g/mol. The van der Waals surface area contributed by atoms with E-state index in [1.54, 1.807) is 6.92 Å². The molecule has 4 nitrogen and oxygen atoms in total. The van der Waals surface area contributed by atoms with Gasteiger partial charge in [-0.15, -0.1) is 0 Å². The number of ketones is 1. The zero-order chi connectivity index (χ0) is 21.2. The number of allylic oxidation sites excluding steroid dienone is 4. The molecule has 5 heteroatoms. The Morgan fingerprint density at radius 2 is 1.93 bits per heavy atom. The minimum absolute atomic E-state index is 0.0283. The van der Waals surface area contributed by atoms with Crippen molar-refractivity contribution in [3.05, 3.63) is 45.5 Å². The van der Waals surface area contributed by atoms with E-state index >= 15 is 0 Å². The highest BCUT2D eigenvalue weighted by atomic mass is 35.5. The molecule has 0 radical (unpaired) electrons. The maximum atomic E-state index is 12.2. The molecular formula is C23H29ClO4. The molecule has 1 aliphatic carbocycles. The fourth-order valence-corrected chi connectivity index (χ4v) is 4.04. The summed E-state index contributed by atoms with van der Waals surface area (Å²) < 4.78 is 0. The van der Waals surface area contributed by atoms with Gasteiger partial charge in [0.1, 0.15) is 17.3 Å². The monoisotopic (exact) mass is 404 g/mol. The van der Waals surface area contributed by atoms with Crippen molar-refractivity contribution in [3.63, 3.8) is 0 Å². The van der Waals surface area contributed by atoms with Gasteiger partial charge in [-0.3, -0.25) is 9.59 Å². The standard InChI is InChI=1S/C23H29ClO4/c1-13(10-11-23(5)14(2)7-9-19(26)16(23)4)6-8-17-21(27)18(12-25)15(3)20(24)22(17)28/h6,10-12,14,16,27-28H,7-9H2,1-5H3/b11-10+,13-6-. The van der Waals surface area contributed by atoms with Gasteiger partial charge in [-0.05, 0) is 43.6 Å². The van der Waals surface area contributed by atoms with Crippen molar-refractivity contribution in [2.75, 3.05) is 0 Å². The Balaban J connectivity index is 2.28. The number of carbonyl (C=O) groups is 2. The number of phenols is 2. The minimum Gasteiger partial charge on any atom is -0.507 e. The van der Waals surface area contributed by atoms with Crippen molar-refractivity contribution in [2.24, 2.45) is 17.3 Å². The van der Waals surface area contributed by atoms with Crippen LogP contribution in [0, 0.1) is 24.2 Å². The van der Waals surface area contributed by atoms with Gasteiger partial charge in [-0.2, -0.15) is 0 Å². The largest absolute Gasteiger partial charge is 0.507 e. The molecule has 0 aliphatic heterocycles. The summed E-state index contributed by atoms with van der Waals surface area (Å²) in [6.45, 7) is 9.79. The predicted molar refractivity (Wildman–Crippen MR) is 112 cm³/mol. The minimum atomic E-state index is -0.241. The Bertz CT molecular complexity index is 853. The Morgan fingerprint density at radius 1 is 1.29 bits per heavy atom. The first-order chi connectivity index (χ1) is 13.0. The molecule has 3 atom stereocenters. The molecule has 1 aromatic rings. The summed E-state index contributed by atoms with van der Waals surface area (Å²) in [7, 11) is 0. The third kappa shape index (κ3) is 4.02. The molecule has 0 amide bonds. The molecule has 1 fully saturated rings. The highest BCUT2D eigenvalue weighted by Crippen LogP contribution is 2.45. The summed E-state index contributed by atoms with van der Waals surface area (Å²) >= 11 is 6.09. The number of hydrogen-bond donors (Lipinski definition) is 2. The number of hydrogen-bond acceptors (Lipinski definition) is 4. The van der Waals surface area contributed by atoms with E-state index in [2.05, 4.69) is 19.9 Å². The van der Waals surface area contributed by atoms with Gasteiger partial charge in [0.15, 0.2) is 6.29 Å². The molecule has 0 heterocycles. The molecule has 0 saturated heterocycles. The first-order valence-corrected chi connectivity index (χ1v) is 9.99. The van der Waals surface area contributed by atoms with Crippen LogP contribution in [0.1, 0.15) is 62.0 Å². The topological polar surface area (TPSA) is 74.6 Å². The van der Waals surface area contributed by atoms with E-state index < -0.39 is 0 Å². The second-order valence-electron chi connectivity index (χ2n) is 8.13. The number of Topliss-reactive ketones (excluding diaryl/α,β-unsaturated/α-hetero) is 1. The molecule has 2 N–H and O–H groups in total. The average Bonchev–Trinajstić information content (AvgIpc) is 2.66. The number of carbonyl (C=O) groups excluding carboxylic acids is 2. The smallest absolute Gasteiger partial charge is 0.154 e. The van der Waals surface area contributed by atoms with Gasteiger partial charge in [0.05, 0.1) is 10.6 Å². The van der Waals surface area contributed by atoms with Gasteiger partial charge in [0.25, 0.3) is 0 Å². The highest BCUT2D eigenvalue weighted by molar-refractivity contribution is 6.33. The second-order valence-corrected chi connectivity index (χ2v) is 8.50. The van der Waals surface area contributed by atoms with Crippen LogP contribution in [0.5, 0.6) is 11.5 Å². The molecule has 1 aliphatic rings. The molecule has 0 aromatic heterocycles. The van der Waals surface area contributed by atoms with Crippen molar-refractivity contribution in [1.29, 1.82) is 0 Å². The Kier molecular flexibility index (Phi) is 6.76. The molecule has 1 aromatic carbocycles. The summed E-state index contributed by atoms with van der Waals surface area (Å²) in [5, 5.41) is 20.7. The van der Waals surface area contributed by atoms with Crippen LogP contribution in [0.4, 0.5) is 0 Å². The third-order valence-corrected chi connectivity index (χ3v) is 6.98. The molecule has 2 rings (SSSR count). The van der Waals surface area contributed by atoms with Crippen molar-refractivity contribution in [2.45, 2.75) is 53.9 Å². The van der Waals surface area contributed by atoms with E-state index in [4.69, 9.17) is 11.6 Å². The maximum Gasteiger partial charge on any atom is 0.154 e. The molecule has 1 saturated carbocycles. The maximum absolute atomic E-state index is 12.2. The molecule has 0 bridgehead atoms. The van der Waals surface area contributed by atoms with Crippen LogP contribution < -0.4 is 0 Å². The number of aldehydes is 1. The fourth-order valence-electron chi connectivity index (χ4n) is 3.83. The first kappa shape index (κ1) is 22.2. The molecule has 3 unspecified atom stereocenters. The van der Waals surface area contributed by atoms with E-state index in [-0.39, 0.29) is 45.4 Å². The van der Waals surface area contributed by atoms with Crippen molar-refractivity contribution >= 4 is 23.7 Å². The van der Waals surface area contributed by atoms with E-state index in [0.717, 1.165) is 12.0 Å². The van der Waals surface area contributed by atoms with E-state index in [0.29, 0.717) is 30.0 Å². The van der Waals surface area contributed by atoms with Crippen LogP contribution in [0.25, 0.3) is 0 Å². The third-order valence-electron chi connectivity index (χ3n) is 6.52. The Morgan fingerprint density at radius 3 is 2.54 bits per heavy atom. The number of aromatic hydroxyl groups is 2. The van der Waals surface area contributed by atoms with E-state index in [1.807, 2.05) is 26.0 Å². The summed E-state index contributed by atoms with van der Waals surface area (Å²) in [4.78, 5) is 23.4. The van der Waals surface area contributed by atoms with Crippen LogP contribution in [-0.4, -0.2) is 22.3 Å². The van der Waals surface area contributed by atoms with E-state index in [1.165, 1.54) is 0 Å². The lowest BCUT2D eigenvalue weighted by atomic mass is 9.61. The van der Waals surface area contributed by atoms with Crippen molar-refractivity contribution < 1.29 is 19.8 Å². The van der Waals surface area contributed by atoms with Gasteiger partial charge < -0.3 is 10.2 Å².